The lowest BCUT2D eigenvalue weighted by Crippen LogP contribution is -2.46. The van der Waals surface area contributed by atoms with Crippen LogP contribution >= 0.6 is 11.3 Å². The van der Waals surface area contributed by atoms with E-state index in [1.165, 1.54) is 11.3 Å². The minimum Gasteiger partial charge on any atom is -0.343 e. The average Bonchev–Trinajstić information content (AvgIpc) is 2.86. The van der Waals surface area contributed by atoms with Crippen LogP contribution in [-0.2, 0) is 14.8 Å². The standard InChI is InChI=1S/C13H20N2O3S2/c1-3-12(16)15-8-6-11(7-9-15)14-20(17,18)13-5-4-10(2)19-13/h4-5,11,14H,3,6-9H2,1-2H3. The van der Waals surface area contributed by atoms with Crippen LogP contribution in [0.2, 0.25) is 0 Å². The van der Waals surface area contributed by atoms with Gasteiger partial charge in [-0.1, -0.05) is 6.92 Å². The summed E-state index contributed by atoms with van der Waals surface area (Å²) in [4.78, 5) is 14.4. The van der Waals surface area contributed by atoms with Gasteiger partial charge in [0.05, 0.1) is 0 Å². The Hall–Kier alpha value is -0.920. The van der Waals surface area contributed by atoms with Crippen LogP contribution in [-0.4, -0.2) is 38.4 Å². The van der Waals surface area contributed by atoms with Gasteiger partial charge >= 0.3 is 0 Å². The number of piperidine rings is 1. The number of hydrogen-bond donors (Lipinski definition) is 1. The summed E-state index contributed by atoms with van der Waals surface area (Å²) in [6.07, 6.45) is 1.86. The lowest BCUT2D eigenvalue weighted by molar-refractivity contribution is -0.131. The number of hydrogen-bond acceptors (Lipinski definition) is 4. The fourth-order valence-corrected chi connectivity index (χ4v) is 4.91. The van der Waals surface area contributed by atoms with Gasteiger partial charge < -0.3 is 4.90 Å². The molecule has 0 atom stereocenters. The fourth-order valence-electron chi connectivity index (χ4n) is 2.30. The van der Waals surface area contributed by atoms with Gasteiger partial charge in [0.2, 0.25) is 15.9 Å². The van der Waals surface area contributed by atoms with E-state index in [0.29, 0.717) is 36.6 Å². The second-order valence-electron chi connectivity index (χ2n) is 4.99. The van der Waals surface area contributed by atoms with Crippen LogP contribution < -0.4 is 4.72 Å². The normalized spacial score (nSPS) is 17.4. The molecule has 2 heterocycles. The molecule has 1 N–H and O–H groups in total. The van der Waals surface area contributed by atoms with Crippen LogP contribution in [0, 0.1) is 6.92 Å². The highest BCUT2D eigenvalue weighted by Crippen LogP contribution is 2.22. The highest BCUT2D eigenvalue weighted by atomic mass is 32.2. The zero-order valence-corrected chi connectivity index (χ0v) is 13.4. The number of sulfonamides is 1. The lowest BCUT2D eigenvalue weighted by atomic mass is 10.1. The molecule has 0 aliphatic carbocycles. The molecule has 0 spiro atoms. The number of aryl methyl sites for hydroxylation is 1. The summed E-state index contributed by atoms with van der Waals surface area (Å²) in [5.41, 5.74) is 0. The third-order valence-corrected chi connectivity index (χ3v) is 6.47. The van der Waals surface area contributed by atoms with E-state index in [-0.39, 0.29) is 11.9 Å². The van der Waals surface area contributed by atoms with E-state index in [1.54, 1.807) is 11.0 Å². The highest BCUT2D eigenvalue weighted by Gasteiger charge is 2.26. The first kappa shape index (κ1) is 15.5. The first-order valence-electron chi connectivity index (χ1n) is 6.79. The Bertz CT molecular complexity index is 572. The van der Waals surface area contributed by atoms with Crippen molar-refractivity contribution in [1.29, 1.82) is 0 Å². The largest absolute Gasteiger partial charge is 0.343 e. The van der Waals surface area contributed by atoms with Crippen molar-refractivity contribution in [1.82, 2.24) is 9.62 Å². The van der Waals surface area contributed by atoms with Crippen molar-refractivity contribution in [2.75, 3.05) is 13.1 Å². The molecule has 1 aliphatic rings. The first-order valence-corrected chi connectivity index (χ1v) is 9.09. The maximum Gasteiger partial charge on any atom is 0.250 e. The SMILES string of the molecule is CCC(=O)N1CCC(NS(=O)(=O)c2ccc(C)s2)CC1. The molecule has 20 heavy (non-hydrogen) atoms. The molecule has 5 nitrogen and oxygen atoms in total. The smallest absolute Gasteiger partial charge is 0.250 e. The van der Waals surface area contributed by atoms with E-state index < -0.39 is 10.0 Å². The van der Waals surface area contributed by atoms with Crippen molar-refractivity contribution in [3.8, 4) is 0 Å². The molecule has 7 heteroatoms. The molecule has 0 aromatic carbocycles. The van der Waals surface area contributed by atoms with Gasteiger partial charge in [0, 0.05) is 30.4 Å². The van der Waals surface area contributed by atoms with Crippen LogP contribution in [0.3, 0.4) is 0 Å². The van der Waals surface area contributed by atoms with Gasteiger partial charge in [0.1, 0.15) is 4.21 Å². The van der Waals surface area contributed by atoms with Crippen molar-refractivity contribution in [2.45, 2.75) is 43.4 Å². The minimum absolute atomic E-state index is 0.0803. The van der Waals surface area contributed by atoms with Gasteiger partial charge in [-0.2, -0.15) is 0 Å². The molecule has 1 aromatic heterocycles. The number of likely N-dealkylation sites (tertiary alicyclic amines) is 1. The quantitative estimate of drug-likeness (QED) is 0.920. The van der Waals surface area contributed by atoms with Crippen LogP contribution in [0.1, 0.15) is 31.1 Å². The van der Waals surface area contributed by atoms with E-state index in [1.807, 2.05) is 19.9 Å². The molecule has 0 unspecified atom stereocenters. The third kappa shape index (κ3) is 3.59. The zero-order valence-electron chi connectivity index (χ0n) is 11.8. The van der Waals surface area contributed by atoms with E-state index >= 15 is 0 Å². The van der Waals surface area contributed by atoms with Crippen LogP contribution in [0.4, 0.5) is 0 Å². The molecule has 1 saturated heterocycles. The molecule has 1 fully saturated rings. The fraction of sp³-hybridized carbons (Fsp3) is 0.615. The van der Waals surface area contributed by atoms with Gasteiger partial charge in [-0.15, -0.1) is 11.3 Å². The number of thiophene rings is 1. The summed E-state index contributed by atoms with van der Waals surface area (Å²) < 4.78 is 27.5. The Morgan fingerprint density at radius 3 is 2.55 bits per heavy atom. The second kappa shape index (κ2) is 6.24. The number of carbonyl (C=O) groups excluding carboxylic acids is 1. The Labute approximate surface area is 124 Å². The summed E-state index contributed by atoms with van der Waals surface area (Å²) in [7, 11) is -3.42. The number of carbonyl (C=O) groups is 1. The predicted molar refractivity (Wildman–Crippen MR) is 79.3 cm³/mol. The second-order valence-corrected chi connectivity index (χ2v) is 8.22. The molecule has 2 rings (SSSR count). The third-order valence-electron chi connectivity index (χ3n) is 3.45. The summed E-state index contributed by atoms with van der Waals surface area (Å²) in [6, 6.07) is 3.36. The van der Waals surface area contributed by atoms with E-state index in [0.717, 1.165) is 4.88 Å². The monoisotopic (exact) mass is 316 g/mol. The van der Waals surface area contributed by atoms with Crippen LogP contribution in [0.25, 0.3) is 0 Å². The maximum absolute atomic E-state index is 12.2. The van der Waals surface area contributed by atoms with Crippen LogP contribution in [0.5, 0.6) is 0 Å². The average molecular weight is 316 g/mol. The molecule has 0 bridgehead atoms. The van der Waals surface area contributed by atoms with Crippen LogP contribution in [0.15, 0.2) is 16.3 Å². The first-order chi connectivity index (χ1) is 9.42. The molecular formula is C13H20N2O3S2. The van der Waals surface area contributed by atoms with Crippen molar-refractivity contribution in [3.63, 3.8) is 0 Å². The minimum atomic E-state index is -3.42. The van der Waals surface area contributed by atoms with Crippen molar-refractivity contribution < 1.29 is 13.2 Å². The van der Waals surface area contributed by atoms with Gasteiger partial charge in [0.25, 0.3) is 0 Å². The molecule has 1 aliphatic heterocycles. The predicted octanol–water partition coefficient (Wildman–Crippen LogP) is 1.74. The number of amides is 1. The van der Waals surface area contributed by atoms with Crippen molar-refractivity contribution in [2.24, 2.45) is 0 Å². The van der Waals surface area contributed by atoms with Gasteiger partial charge in [-0.05, 0) is 31.9 Å². The number of nitrogens with zero attached hydrogens (tertiary/aromatic N) is 1. The van der Waals surface area contributed by atoms with Gasteiger partial charge in [-0.3, -0.25) is 4.79 Å². The van der Waals surface area contributed by atoms with Crippen molar-refractivity contribution in [3.05, 3.63) is 17.0 Å². The topological polar surface area (TPSA) is 66.5 Å². The molecule has 0 radical (unpaired) electrons. The van der Waals surface area contributed by atoms with E-state index in [4.69, 9.17) is 0 Å². The highest BCUT2D eigenvalue weighted by molar-refractivity contribution is 7.91. The lowest BCUT2D eigenvalue weighted by Gasteiger charge is -2.32. The van der Waals surface area contributed by atoms with Gasteiger partial charge in [0.15, 0.2) is 0 Å². The molecule has 0 saturated carbocycles. The molecular weight excluding hydrogens is 296 g/mol. The summed E-state index contributed by atoms with van der Waals surface area (Å²) in [6.45, 7) is 4.99. The zero-order chi connectivity index (χ0) is 14.8. The van der Waals surface area contributed by atoms with E-state index in [2.05, 4.69) is 4.72 Å². The Kier molecular flexibility index (Phi) is 4.82. The molecule has 112 valence electrons. The summed E-state index contributed by atoms with van der Waals surface area (Å²) in [5.74, 6) is 0.139. The Morgan fingerprint density at radius 1 is 1.40 bits per heavy atom. The van der Waals surface area contributed by atoms with Gasteiger partial charge in [-0.25, -0.2) is 13.1 Å². The Balaban J connectivity index is 1.94. The number of nitrogens with one attached hydrogen (secondary N) is 1. The molecule has 1 amide bonds. The summed E-state index contributed by atoms with van der Waals surface area (Å²) in [5, 5.41) is 0. The summed E-state index contributed by atoms with van der Waals surface area (Å²) >= 11 is 1.28. The maximum atomic E-state index is 12.2. The van der Waals surface area contributed by atoms with E-state index in [9.17, 15) is 13.2 Å². The Morgan fingerprint density at radius 2 is 2.05 bits per heavy atom. The molecule has 1 aromatic rings. The number of rotatable bonds is 4. The van der Waals surface area contributed by atoms with Crippen molar-refractivity contribution >= 4 is 27.3 Å².